The first-order chi connectivity index (χ1) is 5.92. The van der Waals surface area contributed by atoms with Crippen LogP contribution >= 0.6 is 0 Å². The number of nitrogens with one attached hydrogen (secondary N) is 1. The Bertz CT molecular complexity index is 202. The van der Waals surface area contributed by atoms with Gasteiger partial charge in [0.1, 0.15) is 0 Å². The third kappa shape index (κ3) is 3.25. The Morgan fingerprint density at radius 1 is 1.46 bits per heavy atom. The maximum atomic E-state index is 5.77. The summed E-state index contributed by atoms with van der Waals surface area (Å²) in [6.45, 7) is 8.43. The van der Waals surface area contributed by atoms with Crippen LogP contribution in [0.15, 0.2) is 4.99 Å². The Hall–Kier alpha value is -0.730. The van der Waals surface area contributed by atoms with Crippen LogP contribution in [-0.4, -0.2) is 17.5 Å². The van der Waals surface area contributed by atoms with Crippen molar-refractivity contribution in [2.45, 2.75) is 52.1 Å². The number of hydrogen-bond acceptors (Lipinski definition) is 1. The molecular weight excluding hydrogens is 162 g/mol. The van der Waals surface area contributed by atoms with E-state index in [9.17, 15) is 0 Å². The SMILES string of the molecule is CC(C)N=C(N)NC(C)(C)C1CC1. The first kappa shape index (κ1) is 10.4. The molecule has 0 heterocycles. The first-order valence-electron chi connectivity index (χ1n) is 5.03. The molecule has 0 unspecified atom stereocenters. The van der Waals surface area contributed by atoms with Gasteiger partial charge in [0.25, 0.3) is 0 Å². The Morgan fingerprint density at radius 3 is 2.38 bits per heavy atom. The van der Waals surface area contributed by atoms with Crippen molar-refractivity contribution in [1.82, 2.24) is 5.32 Å². The molecular formula is C10H21N3. The molecule has 0 bridgehead atoms. The molecule has 13 heavy (non-hydrogen) atoms. The summed E-state index contributed by atoms with van der Waals surface area (Å²) in [4.78, 5) is 4.26. The van der Waals surface area contributed by atoms with Crippen LogP contribution in [0.5, 0.6) is 0 Å². The summed E-state index contributed by atoms with van der Waals surface area (Å²) in [5.41, 5.74) is 5.88. The van der Waals surface area contributed by atoms with Crippen LogP contribution in [0.1, 0.15) is 40.5 Å². The lowest BCUT2D eigenvalue weighted by Crippen LogP contribution is -2.49. The average molecular weight is 183 g/mol. The van der Waals surface area contributed by atoms with E-state index < -0.39 is 0 Å². The molecule has 0 atom stereocenters. The fourth-order valence-electron chi connectivity index (χ4n) is 1.55. The number of nitrogens with two attached hydrogens (primary N) is 1. The van der Waals surface area contributed by atoms with Crippen LogP contribution in [0.2, 0.25) is 0 Å². The summed E-state index contributed by atoms with van der Waals surface area (Å²) in [6.07, 6.45) is 2.63. The van der Waals surface area contributed by atoms with Crippen LogP contribution in [0.25, 0.3) is 0 Å². The van der Waals surface area contributed by atoms with Gasteiger partial charge in [-0.2, -0.15) is 0 Å². The third-order valence-electron chi connectivity index (χ3n) is 2.45. The van der Waals surface area contributed by atoms with Gasteiger partial charge in [-0.1, -0.05) is 0 Å². The Labute approximate surface area is 80.8 Å². The second kappa shape index (κ2) is 3.56. The fraction of sp³-hybridized carbons (Fsp3) is 0.900. The van der Waals surface area contributed by atoms with E-state index in [1.807, 2.05) is 13.8 Å². The lowest BCUT2D eigenvalue weighted by molar-refractivity contribution is 0.399. The number of hydrogen-bond donors (Lipinski definition) is 2. The molecule has 3 N–H and O–H groups in total. The van der Waals surface area contributed by atoms with Gasteiger partial charge >= 0.3 is 0 Å². The van der Waals surface area contributed by atoms with Gasteiger partial charge in [0.2, 0.25) is 0 Å². The second-order valence-corrected chi connectivity index (χ2v) is 4.73. The lowest BCUT2D eigenvalue weighted by Gasteiger charge is -2.26. The quantitative estimate of drug-likeness (QED) is 0.514. The van der Waals surface area contributed by atoms with E-state index in [1.165, 1.54) is 12.8 Å². The zero-order valence-corrected chi connectivity index (χ0v) is 9.09. The molecule has 76 valence electrons. The Morgan fingerprint density at radius 2 is 2.00 bits per heavy atom. The van der Waals surface area contributed by atoms with Gasteiger partial charge in [0.05, 0.1) is 0 Å². The molecule has 0 spiro atoms. The molecule has 0 aromatic carbocycles. The van der Waals surface area contributed by atoms with Crippen molar-refractivity contribution in [1.29, 1.82) is 0 Å². The van der Waals surface area contributed by atoms with Crippen molar-refractivity contribution in [3.05, 3.63) is 0 Å². The lowest BCUT2D eigenvalue weighted by atomic mass is 9.99. The Balaban J connectivity index is 2.46. The summed E-state index contributed by atoms with van der Waals surface area (Å²) < 4.78 is 0. The van der Waals surface area contributed by atoms with Crippen LogP contribution in [-0.2, 0) is 0 Å². The van der Waals surface area contributed by atoms with E-state index in [1.54, 1.807) is 0 Å². The van der Waals surface area contributed by atoms with Gasteiger partial charge < -0.3 is 11.1 Å². The fourth-order valence-corrected chi connectivity index (χ4v) is 1.55. The second-order valence-electron chi connectivity index (χ2n) is 4.73. The van der Waals surface area contributed by atoms with Crippen LogP contribution in [0.4, 0.5) is 0 Å². The molecule has 0 aromatic heterocycles. The summed E-state index contributed by atoms with van der Waals surface area (Å²) in [6, 6.07) is 0.266. The topological polar surface area (TPSA) is 50.4 Å². The van der Waals surface area contributed by atoms with E-state index >= 15 is 0 Å². The highest BCUT2D eigenvalue weighted by atomic mass is 15.1. The highest BCUT2D eigenvalue weighted by Gasteiger charge is 2.37. The number of nitrogens with zero attached hydrogens (tertiary/aromatic N) is 1. The van der Waals surface area contributed by atoms with Crippen LogP contribution in [0.3, 0.4) is 0 Å². The van der Waals surface area contributed by atoms with Crippen molar-refractivity contribution >= 4 is 5.96 Å². The van der Waals surface area contributed by atoms with Crippen molar-refractivity contribution < 1.29 is 0 Å². The molecule has 3 nitrogen and oxygen atoms in total. The van der Waals surface area contributed by atoms with E-state index in [4.69, 9.17) is 5.73 Å². The third-order valence-corrected chi connectivity index (χ3v) is 2.45. The van der Waals surface area contributed by atoms with Gasteiger partial charge in [0.15, 0.2) is 5.96 Å². The molecule has 0 aromatic rings. The molecule has 3 heteroatoms. The van der Waals surface area contributed by atoms with Gasteiger partial charge in [0, 0.05) is 11.6 Å². The Kier molecular flexibility index (Phi) is 2.84. The maximum Gasteiger partial charge on any atom is 0.189 e. The molecule has 1 rings (SSSR count). The molecule has 1 fully saturated rings. The van der Waals surface area contributed by atoms with E-state index in [0.29, 0.717) is 5.96 Å². The normalized spacial score (nSPS) is 19.3. The summed E-state index contributed by atoms with van der Waals surface area (Å²) in [5, 5.41) is 3.28. The molecule has 0 saturated heterocycles. The summed E-state index contributed by atoms with van der Waals surface area (Å²) in [5.74, 6) is 1.35. The monoisotopic (exact) mass is 183 g/mol. The highest BCUT2D eigenvalue weighted by Crippen LogP contribution is 2.38. The first-order valence-corrected chi connectivity index (χ1v) is 5.03. The van der Waals surface area contributed by atoms with E-state index in [-0.39, 0.29) is 11.6 Å². The predicted molar refractivity (Wildman–Crippen MR) is 56.7 cm³/mol. The highest BCUT2D eigenvalue weighted by molar-refractivity contribution is 5.78. The van der Waals surface area contributed by atoms with Crippen LogP contribution in [0, 0.1) is 5.92 Å². The molecule has 0 radical (unpaired) electrons. The van der Waals surface area contributed by atoms with Crippen molar-refractivity contribution in [2.24, 2.45) is 16.6 Å². The maximum absolute atomic E-state index is 5.77. The van der Waals surface area contributed by atoms with Gasteiger partial charge in [-0.15, -0.1) is 0 Å². The van der Waals surface area contributed by atoms with Gasteiger partial charge in [-0.05, 0) is 46.5 Å². The average Bonchev–Trinajstić information content (AvgIpc) is 2.60. The van der Waals surface area contributed by atoms with Crippen LogP contribution < -0.4 is 11.1 Å². The number of rotatable bonds is 3. The van der Waals surface area contributed by atoms with Crippen molar-refractivity contribution in [2.75, 3.05) is 0 Å². The summed E-state index contributed by atoms with van der Waals surface area (Å²) >= 11 is 0. The van der Waals surface area contributed by atoms with Crippen molar-refractivity contribution in [3.8, 4) is 0 Å². The molecule has 0 amide bonds. The largest absolute Gasteiger partial charge is 0.370 e. The zero-order chi connectivity index (χ0) is 10.1. The molecule has 1 aliphatic rings. The molecule has 0 aliphatic heterocycles. The molecule has 1 aliphatic carbocycles. The zero-order valence-electron chi connectivity index (χ0n) is 9.09. The van der Waals surface area contributed by atoms with Crippen molar-refractivity contribution in [3.63, 3.8) is 0 Å². The van der Waals surface area contributed by atoms with Gasteiger partial charge in [-0.25, -0.2) is 0 Å². The minimum atomic E-state index is 0.114. The predicted octanol–water partition coefficient (Wildman–Crippen LogP) is 1.49. The minimum Gasteiger partial charge on any atom is -0.370 e. The standard InChI is InChI=1S/C10H21N3/c1-7(2)12-9(11)13-10(3,4)8-5-6-8/h7-8H,5-6H2,1-4H3,(H3,11,12,13). The van der Waals surface area contributed by atoms with E-state index in [2.05, 4.69) is 24.2 Å². The minimum absolute atomic E-state index is 0.114. The molecule has 1 saturated carbocycles. The number of aliphatic imine (C=N–C) groups is 1. The summed E-state index contributed by atoms with van der Waals surface area (Å²) in [7, 11) is 0. The van der Waals surface area contributed by atoms with E-state index in [0.717, 1.165) is 5.92 Å². The number of guanidine groups is 1. The van der Waals surface area contributed by atoms with Gasteiger partial charge in [-0.3, -0.25) is 4.99 Å². The smallest absolute Gasteiger partial charge is 0.189 e.